The van der Waals surface area contributed by atoms with Gasteiger partial charge in [-0.2, -0.15) is 0 Å². The number of aliphatic hydroxyl groups is 1. The molecule has 1 aliphatic rings. The maximum Gasteiger partial charge on any atom is 0.104 e. The van der Waals surface area contributed by atoms with Crippen molar-refractivity contribution in [3.05, 3.63) is 29.8 Å². The summed E-state index contributed by atoms with van der Waals surface area (Å²) in [4.78, 5) is 1.32. The summed E-state index contributed by atoms with van der Waals surface area (Å²) in [6.07, 6.45) is 2.72. The third-order valence-corrected chi connectivity index (χ3v) is 3.34. The summed E-state index contributed by atoms with van der Waals surface area (Å²) in [5.74, 6) is 5.52. The van der Waals surface area contributed by atoms with Crippen LogP contribution in [0.3, 0.4) is 0 Å². The summed E-state index contributed by atoms with van der Waals surface area (Å²) in [7, 11) is 0. The monoisotopic (exact) mass is 204 g/mol. The second kappa shape index (κ2) is 4.54. The largest absolute Gasteiger partial charge is 0.384 e. The average molecular weight is 204 g/mol. The van der Waals surface area contributed by atoms with Crippen LogP contribution in [0.4, 0.5) is 0 Å². The Hall–Kier alpha value is -0.910. The van der Waals surface area contributed by atoms with Crippen LogP contribution < -0.4 is 0 Å². The van der Waals surface area contributed by atoms with Crippen LogP contribution in [0.1, 0.15) is 18.4 Å². The molecule has 0 aromatic heterocycles. The highest BCUT2D eigenvalue weighted by molar-refractivity contribution is 8.00. The van der Waals surface area contributed by atoms with Crippen LogP contribution in [-0.2, 0) is 0 Å². The lowest BCUT2D eigenvalue weighted by Gasteiger charge is -1.98. The second-order valence-corrected chi connectivity index (χ2v) is 4.68. The van der Waals surface area contributed by atoms with Gasteiger partial charge in [0.2, 0.25) is 0 Å². The molecule has 1 N–H and O–H groups in total. The van der Waals surface area contributed by atoms with Crippen molar-refractivity contribution < 1.29 is 5.11 Å². The zero-order valence-corrected chi connectivity index (χ0v) is 8.68. The number of aliphatic hydroxyl groups excluding tert-OH is 1. The first kappa shape index (κ1) is 9.64. The van der Waals surface area contributed by atoms with Gasteiger partial charge in [0.05, 0.1) is 0 Å². The summed E-state index contributed by atoms with van der Waals surface area (Å²) in [5.41, 5.74) is 0.971. The Kier molecular flexibility index (Phi) is 3.13. The summed E-state index contributed by atoms with van der Waals surface area (Å²) >= 11 is 1.94. The van der Waals surface area contributed by atoms with Crippen molar-refractivity contribution >= 4 is 11.8 Å². The molecule has 0 bridgehead atoms. The van der Waals surface area contributed by atoms with E-state index < -0.39 is 0 Å². The van der Waals surface area contributed by atoms with Crippen LogP contribution in [-0.4, -0.2) is 17.0 Å². The normalized spacial score (nSPS) is 14.6. The molecule has 0 saturated heterocycles. The fraction of sp³-hybridized carbons (Fsp3) is 0.333. The molecule has 1 aliphatic carbocycles. The topological polar surface area (TPSA) is 20.2 Å². The van der Waals surface area contributed by atoms with Crippen molar-refractivity contribution in [2.75, 3.05) is 6.61 Å². The van der Waals surface area contributed by atoms with Crippen LogP contribution in [0, 0.1) is 11.8 Å². The van der Waals surface area contributed by atoms with E-state index in [9.17, 15) is 0 Å². The highest BCUT2D eigenvalue weighted by Gasteiger charge is 2.22. The fourth-order valence-electron chi connectivity index (χ4n) is 1.14. The van der Waals surface area contributed by atoms with Crippen molar-refractivity contribution in [3.8, 4) is 11.8 Å². The number of rotatable bonds is 2. The molecule has 2 heteroatoms. The maximum absolute atomic E-state index is 8.53. The van der Waals surface area contributed by atoms with Gasteiger partial charge in [0, 0.05) is 15.7 Å². The third kappa shape index (κ3) is 2.80. The smallest absolute Gasteiger partial charge is 0.104 e. The van der Waals surface area contributed by atoms with E-state index in [1.807, 2.05) is 23.9 Å². The lowest BCUT2D eigenvalue weighted by molar-refractivity contribution is 0.350. The second-order valence-electron chi connectivity index (χ2n) is 3.30. The van der Waals surface area contributed by atoms with Crippen molar-refractivity contribution in [3.63, 3.8) is 0 Å². The molecule has 0 aliphatic heterocycles. The molecule has 72 valence electrons. The predicted molar refractivity (Wildman–Crippen MR) is 59.3 cm³/mol. The van der Waals surface area contributed by atoms with E-state index in [1.54, 1.807) is 0 Å². The minimum atomic E-state index is -0.0709. The van der Waals surface area contributed by atoms with Crippen molar-refractivity contribution in [2.24, 2.45) is 0 Å². The number of thioether (sulfide) groups is 1. The Balaban J connectivity index is 2.01. The number of benzene rings is 1. The van der Waals surface area contributed by atoms with Gasteiger partial charge < -0.3 is 5.11 Å². The quantitative estimate of drug-likeness (QED) is 0.746. The number of hydrogen-bond donors (Lipinski definition) is 1. The molecule has 0 amide bonds. The molecule has 0 spiro atoms. The van der Waals surface area contributed by atoms with Crippen LogP contribution in [0.15, 0.2) is 29.2 Å². The molecule has 1 aromatic carbocycles. The summed E-state index contributed by atoms with van der Waals surface area (Å²) in [6.45, 7) is -0.0709. The molecule has 0 radical (unpaired) electrons. The van der Waals surface area contributed by atoms with E-state index in [4.69, 9.17) is 5.11 Å². The maximum atomic E-state index is 8.53. The molecule has 0 heterocycles. The molecular formula is C12H12OS. The summed E-state index contributed by atoms with van der Waals surface area (Å²) in [6, 6.07) is 8.22. The number of hydrogen-bond acceptors (Lipinski definition) is 2. The molecule has 2 rings (SSSR count). The van der Waals surface area contributed by atoms with Gasteiger partial charge in [-0.25, -0.2) is 0 Å². The predicted octanol–water partition coefficient (Wildman–Crippen LogP) is 2.28. The molecule has 0 atom stereocenters. The molecule has 0 unspecified atom stereocenters. The highest BCUT2D eigenvalue weighted by atomic mass is 32.2. The molecule has 1 aromatic rings. The minimum Gasteiger partial charge on any atom is -0.384 e. The molecule has 1 saturated carbocycles. The van der Waals surface area contributed by atoms with Gasteiger partial charge in [-0.05, 0) is 37.1 Å². The Morgan fingerprint density at radius 2 is 2.00 bits per heavy atom. The van der Waals surface area contributed by atoms with Crippen molar-refractivity contribution in [1.29, 1.82) is 0 Å². The van der Waals surface area contributed by atoms with E-state index in [0.29, 0.717) is 0 Å². The van der Waals surface area contributed by atoms with E-state index in [-0.39, 0.29) is 6.61 Å². The first-order chi connectivity index (χ1) is 6.88. The third-order valence-electron chi connectivity index (χ3n) is 1.99. The average Bonchev–Trinajstić information content (AvgIpc) is 3.01. The molecule has 1 fully saturated rings. The van der Waals surface area contributed by atoms with Crippen LogP contribution >= 0.6 is 11.8 Å². The van der Waals surface area contributed by atoms with Gasteiger partial charge in [0.1, 0.15) is 6.61 Å². The molecule has 14 heavy (non-hydrogen) atoms. The Labute approximate surface area is 88.5 Å². The summed E-state index contributed by atoms with van der Waals surface area (Å²) in [5, 5.41) is 9.38. The SMILES string of the molecule is OCC#Cc1ccc(SC2CC2)cc1. The lowest BCUT2D eigenvalue weighted by atomic mass is 10.2. The standard InChI is InChI=1S/C12H12OS/c13-9-1-2-10-3-5-11(6-4-10)14-12-7-8-12/h3-6,12-13H,7-9H2. The first-order valence-electron chi connectivity index (χ1n) is 4.75. The lowest BCUT2D eigenvalue weighted by Crippen LogP contribution is -1.78. The van der Waals surface area contributed by atoms with Crippen molar-refractivity contribution in [2.45, 2.75) is 23.0 Å². The van der Waals surface area contributed by atoms with Gasteiger partial charge in [0.25, 0.3) is 0 Å². The fourth-order valence-corrected chi connectivity index (χ4v) is 2.19. The highest BCUT2D eigenvalue weighted by Crippen LogP contribution is 2.38. The Morgan fingerprint density at radius 3 is 2.57 bits per heavy atom. The molecular weight excluding hydrogens is 192 g/mol. The van der Waals surface area contributed by atoms with E-state index in [2.05, 4.69) is 24.0 Å². The van der Waals surface area contributed by atoms with Crippen LogP contribution in [0.5, 0.6) is 0 Å². The minimum absolute atomic E-state index is 0.0709. The summed E-state index contributed by atoms with van der Waals surface area (Å²) < 4.78 is 0. The first-order valence-corrected chi connectivity index (χ1v) is 5.63. The van der Waals surface area contributed by atoms with Gasteiger partial charge >= 0.3 is 0 Å². The van der Waals surface area contributed by atoms with Gasteiger partial charge in [-0.1, -0.05) is 11.8 Å². The van der Waals surface area contributed by atoms with Gasteiger partial charge in [-0.15, -0.1) is 11.8 Å². The van der Waals surface area contributed by atoms with E-state index in [0.717, 1.165) is 10.8 Å². The van der Waals surface area contributed by atoms with Gasteiger partial charge in [0.15, 0.2) is 0 Å². The van der Waals surface area contributed by atoms with Crippen molar-refractivity contribution in [1.82, 2.24) is 0 Å². The van der Waals surface area contributed by atoms with Crippen LogP contribution in [0.2, 0.25) is 0 Å². The Morgan fingerprint density at radius 1 is 1.29 bits per heavy atom. The Bertz CT molecular complexity index is 354. The van der Waals surface area contributed by atoms with E-state index >= 15 is 0 Å². The van der Waals surface area contributed by atoms with E-state index in [1.165, 1.54) is 17.7 Å². The molecule has 1 nitrogen and oxygen atoms in total. The van der Waals surface area contributed by atoms with Gasteiger partial charge in [-0.3, -0.25) is 0 Å². The van der Waals surface area contributed by atoms with Crippen LogP contribution in [0.25, 0.3) is 0 Å². The zero-order chi connectivity index (χ0) is 9.80. The zero-order valence-electron chi connectivity index (χ0n) is 7.86.